The lowest BCUT2D eigenvalue weighted by molar-refractivity contribution is 0.590. The van der Waals surface area contributed by atoms with Gasteiger partial charge in [-0.2, -0.15) is 4.98 Å². The first-order chi connectivity index (χ1) is 12.0. The van der Waals surface area contributed by atoms with Crippen LogP contribution >= 0.6 is 0 Å². The molecule has 0 aliphatic carbocycles. The molecule has 1 aromatic heterocycles. The number of aromatic nitrogens is 2. The lowest BCUT2D eigenvalue weighted by Gasteiger charge is -2.11. The van der Waals surface area contributed by atoms with E-state index in [-0.39, 0.29) is 11.6 Å². The van der Waals surface area contributed by atoms with E-state index in [1.807, 2.05) is 25.1 Å². The average Bonchev–Trinajstić information content (AvgIpc) is 2.56. The van der Waals surface area contributed by atoms with Crippen LogP contribution in [-0.4, -0.2) is 9.97 Å². The number of aryl methyl sites for hydroxylation is 2. The van der Waals surface area contributed by atoms with Gasteiger partial charge in [-0.15, -0.1) is 0 Å². The highest BCUT2D eigenvalue weighted by molar-refractivity contribution is 5.56. The molecule has 1 heterocycles. The number of hydrogen-bond acceptors (Lipinski definition) is 4. The van der Waals surface area contributed by atoms with E-state index >= 15 is 0 Å². The Balaban J connectivity index is 1.78. The highest BCUT2D eigenvalue weighted by Crippen LogP contribution is 2.22. The minimum atomic E-state index is -0.695. The minimum absolute atomic E-state index is 0.135. The van der Waals surface area contributed by atoms with Crippen molar-refractivity contribution in [3.8, 4) is 0 Å². The summed E-state index contributed by atoms with van der Waals surface area (Å²) in [7, 11) is 0. The van der Waals surface area contributed by atoms with Crippen LogP contribution in [0.15, 0.2) is 48.5 Å². The molecule has 0 amide bonds. The first kappa shape index (κ1) is 16.8. The number of anilines is 3. The van der Waals surface area contributed by atoms with Crippen molar-refractivity contribution in [2.45, 2.75) is 20.4 Å². The first-order valence-electron chi connectivity index (χ1n) is 7.87. The number of rotatable bonds is 5. The third-order valence-electron chi connectivity index (χ3n) is 3.61. The third kappa shape index (κ3) is 4.29. The molecule has 6 heteroatoms. The first-order valence-corrected chi connectivity index (χ1v) is 7.87. The summed E-state index contributed by atoms with van der Waals surface area (Å²) in [5.74, 6) is -0.678. The summed E-state index contributed by atoms with van der Waals surface area (Å²) in [4.78, 5) is 8.47. The maximum absolute atomic E-state index is 13.8. The van der Waals surface area contributed by atoms with E-state index in [9.17, 15) is 8.78 Å². The predicted octanol–water partition coefficient (Wildman–Crippen LogP) is 4.73. The van der Waals surface area contributed by atoms with Crippen LogP contribution in [0.25, 0.3) is 0 Å². The Morgan fingerprint density at radius 2 is 1.64 bits per heavy atom. The van der Waals surface area contributed by atoms with Gasteiger partial charge in [0.15, 0.2) is 0 Å². The molecule has 2 aromatic carbocycles. The third-order valence-corrected chi connectivity index (χ3v) is 3.61. The normalized spacial score (nSPS) is 10.6. The van der Waals surface area contributed by atoms with Gasteiger partial charge in [-0.25, -0.2) is 13.8 Å². The van der Waals surface area contributed by atoms with Crippen LogP contribution in [0.5, 0.6) is 0 Å². The van der Waals surface area contributed by atoms with Crippen LogP contribution in [0, 0.1) is 25.5 Å². The lowest BCUT2D eigenvalue weighted by atomic mass is 10.1. The molecule has 4 nitrogen and oxygen atoms in total. The smallest absolute Gasteiger partial charge is 0.229 e. The molecule has 0 bridgehead atoms. The Labute approximate surface area is 145 Å². The van der Waals surface area contributed by atoms with E-state index in [0.29, 0.717) is 18.1 Å². The lowest BCUT2D eigenvalue weighted by Crippen LogP contribution is -2.07. The molecule has 2 N–H and O–H groups in total. The van der Waals surface area contributed by atoms with Crippen molar-refractivity contribution in [1.29, 1.82) is 0 Å². The highest BCUT2D eigenvalue weighted by Gasteiger charge is 2.11. The quantitative estimate of drug-likeness (QED) is 0.705. The van der Waals surface area contributed by atoms with E-state index in [0.717, 1.165) is 5.56 Å². The fourth-order valence-electron chi connectivity index (χ4n) is 2.46. The van der Waals surface area contributed by atoms with Gasteiger partial charge in [0.25, 0.3) is 0 Å². The molecule has 25 heavy (non-hydrogen) atoms. The molecule has 0 saturated carbocycles. The van der Waals surface area contributed by atoms with E-state index in [1.54, 1.807) is 13.0 Å². The number of nitrogens with one attached hydrogen (secondary N) is 2. The Bertz CT molecular complexity index is 876. The zero-order chi connectivity index (χ0) is 17.8. The van der Waals surface area contributed by atoms with Gasteiger partial charge >= 0.3 is 0 Å². The van der Waals surface area contributed by atoms with Crippen molar-refractivity contribution in [2.75, 3.05) is 10.6 Å². The van der Waals surface area contributed by atoms with Gasteiger partial charge in [-0.3, -0.25) is 0 Å². The summed E-state index contributed by atoms with van der Waals surface area (Å²) >= 11 is 0. The molecule has 0 saturated heterocycles. The fourth-order valence-corrected chi connectivity index (χ4v) is 2.46. The number of hydrogen-bond donors (Lipinski definition) is 2. The number of benzene rings is 2. The SMILES string of the molecule is Cc1cccc(CNc2cc(C)nc(Nc3c(F)cccc3F)n2)c1. The molecule has 0 fully saturated rings. The second-order valence-electron chi connectivity index (χ2n) is 5.78. The van der Waals surface area contributed by atoms with Gasteiger partial charge in [0.05, 0.1) is 0 Å². The van der Waals surface area contributed by atoms with Crippen molar-refractivity contribution >= 4 is 17.5 Å². The monoisotopic (exact) mass is 340 g/mol. The Hall–Kier alpha value is -3.02. The Morgan fingerprint density at radius 3 is 2.36 bits per heavy atom. The summed E-state index contributed by atoms with van der Waals surface area (Å²) < 4.78 is 27.5. The van der Waals surface area contributed by atoms with Crippen LogP contribution in [0.1, 0.15) is 16.8 Å². The number of para-hydroxylation sites is 1. The zero-order valence-electron chi connectivity index (χ0n) is 14.0. The van der Waals surface area contributed by atoms with Crippen LogP contribution in [-0.2, 0) is 6.54 Å². The fraction of sp³-hybridized carbons (Fsp3) is 0.158. The maximum Gasteiger partial charge on any atom is 0.229 e. The van der Waals surface area contributed by atoms with Crippen molar-refractivity contribution < 1.29 is 8.78 Å². The van der Waals surface area contributed by atoms with Gasteiger partial charge < -0.3 is 10.6 Å². The number of halogens is 2. The van der Waals surface area contributed by atoms with Crippen molar-refractivity contribution in [2.24, 2.45) is 0 Å². The van der Waals surface area contributed by atoms with E-state index in [1.165, 1.54) is 23.8 Å². The summed E-state index contributed by atoms with van der Waals surface area (Å²) in [6.07, 6.45) is 0. The van der Waals surface area contributed by atoms with Crippen molar-refractivity contribution in [3.05, 3.63) is 77.0 Å². The van der Waals surface area contributed by atoms with Crippen LogP contribution < -0.4 is 10.6 Å². The molecule has 0 atom stereocenters. The van der Waals surface area contributed by atoms with Gasteiger partial charge in [0, 0.05) is 18.3 Å². The van der Waals surface area contributed by atoms with Crippen LogP contribution in [0.4, 0.5) is 26.2 Å². The molecule has 0 unspecified atom stereocenters. The zero-order valence-corrected chi connectivity index (χ0v) is 14.0. The minimum Gasteiger partial charge on any atom is -0.366 e. The Kier molecular flexibility index (Phi) is 4.88. The molecule has 128 valence electrons. The van der Waals surface area contributed by atoms with E-state index in [4.69, 9.17) is 0 Å². The largest absolute Gasteiger partial charge is 0.366 e. The van der Waals surface area contributed by atoms with Gasteiger partial charge in [0.2, 0.25) is 5.95 Å². The molecule has 0 aliphatic rings. The second-order valence-corrected chi connectivity index (χ2v) is 5.78. The molecule has 0 spiro atoms. The van der Waals surface area contributed by atoms with Crippen LogP contribution in [0.3, 0.4) is 0 Å². The molecular formula is C19H18F2N4. The summed E-state index contributed by atoms with van der Waals surface area (Å²) in [6.45, 7) is 4.41. The molecular weight excluding hydrogens is 322 g/mol. The van der Waals surface area contributed by atoms with Gasteiger partial charge in [-0.05, 0) is 31.5 Å². The van der Waals surface area contributed by atoms with E-state index < -0.39 is 11.6 Å². The average molecular weight is 340 g/mol. The molecule has 0 aliphatic heterocycles. The summed E-state index contributed by atoms with van der Waals surface area (Å²) in [5.41, 5.74) is 2.71. The standard InChI is InChI=1S/C19H18F2N4/c1-12-5-3-6-14(9-12)11-22-17-10-13(2)23-19(24-17)25-18-15(20)7-4-8-16(18)21/h3-10H,11H2,1-2H3,(H2,22,23,24,25). The maximum atomic E-state index is 13.8. The molecule has 3 aromatic rings. The van der Waals surface area contributed by atoms with Crippen LogP contribution in [0.2, 0.25) is 0 Å². The van der Waals surface area contributed by atoms with Gasteiger partial charge in [-0.1, -0.05) is 35.9 Å². The van der Waals surface area contributed by atoms with Crippen molar-refractivity contribution in [3.63, 3.8) is 0 Å². The summed E-state index contributed by atoms with van der Waals surface area (Å²) in [6, 6.07) is 13.6. The highest BCUT2D eigenvalue weighted by atomic mass is 19.1. The summed E-state index contributed by atoms with van der Waals surface area (Å²) in [5, 5.41) is 5.82. The van der Waals surface area contributed by atoms with Gasteiger partial charge in [0.1, 0.15) is 23.1 Å². The Morgan fingerprint density at radius 1 is 0.920 bits per heavy atom. The van der Waals surface area contributed by atoms with E-state index in [2.05, 4.69) is 26.7 Å². The second kappa shape index (κ2) is 7.25. The molecule has 0 radical (unpaired) electrons. The topological polar surface area (TPSA) is 49.8 Å². The molecule has 3 rings (SSSR count). The van der Waals surface area contributed by atoms with Crippen molar-refractivity contribution in [1.82, 2.24) is 9.97 Å². The predicted molar refractivity (Wildman–Crippen MR) is 94.9 cm³/mol. The number of nitrogens with zero attached hydrogens (tertiary/aromatic N) is 2.